The molecular formula is C14H16ClNO2. The standard InChI is InChI=1S/C14H16ClNO2/c15-10-4-1-3-9(7-10)11-8-12(11)16-14(17)13-5-2-6-18-13/h1,3-4,7,11-13H,2,5-6,8H2,(H,16,17)/t11-,12+,13-/m0/s1. The molecule has 1 aromatic rings. The molecule has 4 heteroatoms. The lowest BCUT2D eigenvalue weighted by atomic mass is 10.1. The highest BCUT2D eigenvalue weighted by Crippen LogP contribution is 2.41. The number of hydrogen-bond acceptors (Lipinski definition) is 2. The monoisotopic (exact) mass is 265 g/mol. The summed E-state index contributed by atoms with van der Waals surface area (Å²) < 4.78 is 5.37. The van der Waals surface area contributed by atoms with Crippen LogP contribution in [0.4, 0.5) is 0 Å². The Hall–Kier alpha value is -1.06. The Labute approximate surface area is 111 Å². The van der Waals surface area contributed by atoms with Crippen molar-refractivity contribution in [3.63, 3.8) is 0 Å². The van der Waals surface area contributed by atoms with Crippen molar-refractivity contribution < 1.29 is 9.53 Å². The van der Waals surface area contributed by atoms with Gasteiger partial charge in [-0.3, -0.25) is 4.79 Å². The van der Waals surface area contributed by atoms with E-state index >= 15 is 0 Å². The maximum atomic E-state index is 11.9. The minimum Gasteiger partial charge on any atom is -0.368 e. The number of carbonyl (C=O) groups is 1. The van der Waals surface area contributed by atoms with Crippen molar-refractivity contribution in [3.05, 3.63) is 34.9 Å². The minimum atomic E-state index is -0.231. The smallest absolute Gasteiger partial charge is 0.249 e. The number of ether oxygens (including phenoxy) is 1. The molecule has 3 rings (SSSR count). The van der Waals surface area contributed by atoms with Gasteiger partial charge in [0.2, 0.25) is 5.91 Å². The van der Waals surface area contributed by atoms with Crippen molar-refractivity contribution in [2.75, 3.05) is 6.61 Å². The summed E-state index contributed by atoms with van der Waals surface area (Å²) in [4.78, 5) is 11.9. The molecule has 18 heavy (non-hydrogen) atoms. The molecule has 1 N–H and O–H groups in total. The zero-order valence-electron chi connectivity index (χ0n) is 10.1. The summed E-state index contributed by atoms with van der Waals surface area (Å²) in [5, 5.41) is 3.81. The van der Waals surface area contributed by atoms with Crippen LogP contribution in [0.1, 0.15) is 30.7 Å². The molecule has 1 heterocycles. The zero-order chi connectivity index (χ0) is 12.5. The fourth-order valence-electron chi connectivity index (χ4n) is 2.52. The Morgan fingerprint density at radius 1 is 1.44 bits per heavy atom. The number of hydrogen-bond donors (Lipinski definition) is 1. The molecule has 96 valence electrons. The van der Waals surface area contributed by atoms with Crippen LogP contribution in [0.5, 0.6) is 0 Å². The fourth-order valence-corrected chi connectivity index (χ4v) is 2.72. The van der Waals surface area contributed by atoms with E-state index in [2.05, 4.69) is 11.4 Å². The summed E-state index contributed by atoms with van der Waals surface area (Å²) in [7, 11) is 0. The highest BCUT2D eigenvalue weighted by atomic mass is 35.5. The van der Waals surface area contributed by atoms with Gasteiger partial charge in [-0.05, 0) is 37.0 Å². The Bertz CT molecular complexity index is 457. The minimum absolute atomic E-state index is 0.0435. The van der Waals surface area contributed by atoms with Gasteiger partial charge in [0.25, 0.3) is 0 Å². The van der Waals surface area contributed by atoms with E-state index in [1.165, 1.54) is 5.56 Å². The molecule has 0 radical (unpaired) electrons. The number of halogens is 1. The Balaban J connectivity index is 1.56. The summed E-state index contributed by atoms with van der Waals surface area (Å²) in [6.45, 7) is 0.709. The second-order valence-corrected chi connectivity index (χ2v) is 5.45. The predicted molar refractivity (Wildman–Crippen MR) is 69.7 cm³/mol. The number of nitrogens with one attached hydrogen (secondary N) is 1. The van der Waals surface area contributed by atoms with Gasteiger partial charge in [-0.25, -0.2) is 0 Å². The molecule has 3 nitrogen and oxygen atoms in total. The fraction of sp³-hybridized carbons (Fsp3) is 0.500. The molecule has 1 aliphatic heterocycles. The summed E-state index contributed by atoms with van der Waals surface area (Å²) in [5.74, 6) is 0.455. The molecule has 1 aromatic carbocycles. The molecule has 0 aromatic heterocycles. The van der Waals surface area contributed by atoms with E-state index in [1.54, 1.807) is 0 Å². The van der Waals surface area contributed by atoms with Crippen molar-refractivity contribution in [1.29, 1.82) is 0 Å². The van der Waals surface area contributed by atoms with Crippen molar-refractivity contribution >= 4 is 17.5 Å². The topological polar surface area (TPSA) is 38.3 Å². The van der Waals surface area contributed by atoms with E-state index in [4.69, 9.17) is 16.3 Å². The van der Waals surface area contributed by atoms with Crippen LogP contribution in [0.15, 0.2) is 24.3 Å². The third-order valence-corrected chi connectivity index (χ3v) is 3.85. The lowest BCUT2D eigenvalue weighted by Crippen LogP contribution is -2.36. The van der Waals surface area contributed by atoms with Gasteiger partial charge in [0, 0.05) is 23.6 Å². The van der Waals surface area contributed by atoms with Crippen LogP contribution in [-0.4, -0.2) is 24.7 Å². The lowest BCUT2D eigenvalue weighted by Gasteiger charge is -2.10. The first-order valence-corrected chi connectivity index (χ1v) is 6.79. The van der Waals surface area contributed by atoms with Crippen molar-refractivity contribution in [2.24, 2.45) is 0 Å². The van der Waals surface area contributed by atoms with Gasteiger partial charge in [0.15, 0.2) is 0 Å². The Morgan fingerprint density at radius 3 is 3.06 bits per heavy atom. The van der Waals surface area contributed by atoms with Crippen LogP contribution in [-0.2, 0) is 9.53 Å². The average Bonchev–Trinajstić information content (AvgIpc) is 2.91. The van der Waals surface area contributed by atoms with Crippen molar-refractivity contribution in [2.45, 2.75) is 37.3 Å². The molecule has 2 fully saturated rings. The molecule has 0 bridgehead atoms. The Kier molecular flexibility index (Phi) is 3.27. The van der Waals surface area contributed by atoms with Gasteiger partial charge in [0.05, 0.1) is 0 Å². The molecule has 0 unspecified atom stereocenters. The summed E-state index contributed by atoms with van der Waals surface area (Å²) >= 11 is 5.97. The average molecular weight is 266 g/mol. The quantitative estimate of drug-likeness (QED) is 0.912. The van der Waals surface area contributed by atoms with Crippen LogP contribution in [0.25, 0.3) is 0 Å². The maximum Gasteiger partial charge on any atom is 0.249 e. The highest BCUT2D eigenvalue weighted by molar-refractivity contribution is 6.30. The lowest BCUT2D eigenvalue weighted by molar-refractivity contribution is -0.130. The van der Waals surface area contributed by atoms with Gasteiger partial charge >= 0.3 is 0 Å². The third kappa shape index (κ3) is 2.52. The Morgan fingerprint density at radius 2 is 2.33 bits per heavy atom. The zero-order valence-corrected chi connectivity index (χ0v) is 10.8. The predicted octanol–water partition coefficient (Wildman–Crippen LogP) is 2.49. The molecule has 2 aliphatic rings. The highest BCUT2D eigenvalue weighted by Gasteiger charge is 2.40. The second kappa shape index (κ2) is 4.90. The number of carbonyl (C=O) groups excluding carboxylic acids is 1. The maximum absolute atomic E-state index is 11.9. The molecule has 1 saturated heterocycles. The van der Waals surface area contributed by atoms with E-state index in [0.717, 1.165) is 24.3 Å². The van der Waals surface area contributed by atoms with Gasteiger partial charge in [-0.1, -0.05) is 23.7 Å². The first kappa shape index (κ1) is 12.0. The molecule has 1 amide bonds. The second-order valence-electron chi connectivity index (χ2n) is 5.01. The van der Waals surface area contributed by atoms with E-state index < -0.39 is 0 Å². The van der Waals surface area contributed by atoms with Gasteiger partial charge in [0.1, 0.15) is 6.10 Å². The van der Waals surface area contributed by atoms with Crippen molar-refractivity contribution in [3.8, 4) is 0 Å². The summed E-state index contributed by atoms with van der Waals surface area (Å²) in [6.07, 6.45) is 2.60. The third-order valence-electron chi connectivity index (χ3n) is 3.62. The molecule has 0 spiro atoms. The van der Waals surface area contributed by atoms with Crippen LogP contribution in [0.3, 0.4) is 0 Å². The summed E-state index contributed by atoms with van der Waals surface area (Å²) in [5.41, 5.74) is 1.21. The molecule has 3 atom stereocenters. The van der Waals surface area contributed by atoms with Crippen LogP contribution in [0.2, 0.25) is 5.02 Å². The van der Waals surface area contributed by atoms with E-state index in [-0.39, 0.29) is 18.1 Å². The first-order valence-electron chi connectivity index (χ1n) is 6.41. The molecule has 1 aliphatic carbocycles. The van der Waals surface area contributed by atoms with E-state index in [9.17, 15) is 4.79 Å². The van der Waals surface area contributed by atoms with E-state index in [1.807, 2.05) is 18.2 Å². The SMILES string of the molecule is O=C(N[C@@H]1C[C@H]1c1cccc(Cl)c1)[C@@H]1CCCO1. The first-order chi connectivity index (χ1) is 8.74. The van der Waals surface area contributed by atoms with Crippen molar-refractivity contribution in [1.82, 2.24) is 5.32 Å². The van der Waals surface area contributed by atoms with Crippen LogP contribution < -0.4 is 5.32 Å². The number of benzene rings is 1. The largest absolute Gasteiger partial charge is 0.368 e. The van der Waals surface area contributed by atoms with Crippen LogP contribution >= 0.6 is 11.6 Å². The number of rotatable bonds is 3. The molecular weight excluding hydrogens is 250 g/mol. The van der Waals surface area contributed by atoms with E-state index in [0.29, 0.717) is 12.5 Å². The normalized spacial score (nSPS) is 30.2. The van der Waals surface area contributed by atoms with Gasteiger partial charge in [-0.2, -0.15) is 0 Å². The van der Waals surface area contributed by atoms with Crippen LogP contribution in [0, 0.1) is 0 Å². The van der Waals surface area contributed by atoms with Gasteiger partial charge < -0.3 is 10.1 Å². The van der Waals surface area contributed by atoms with Gasteiger partial charge in [-0.15, -0.1) is 0 Å². The number of amides is 1. The summed E-state index contributed by atoms with van der Waals surface area (Å²) in [6, 6.07) is 8.11. The molecule has 1 saturated carbocycles.